The average molecular weight is 471 g/mol. The van der Waals surface area contributed by atoms with E-state index in [0.29, 0.717) is 0 Å². The highest BCUT2D eigenvalue weighted by atomic mass is 16.7. The van der Waals surface area contributed by atoms with E-state index in [-0.39, 0.29) is 0 Å². The normalized spacial score (nSPS) is 12.5. The molecule has 0 radical (unpaired) electrons. The second kappa shape index (κ2) is 22.4. The zero-order chi connectivity index (χ0) is 24.7. The Morgan fingerprint density at radius 1 is 0.394 bits per heavy atom. The van der Waals surface area contributed by atoms with Gasteiger partial charge in [-0.2, -0.15) is 4.65 Å². The zero-order valence-electron chi connectivity index (χ0n) is 24.3. The van der Waals surface area contributed by atoms with Gasteiger partial charge in [0.05, 0.1) is 41.3 Å². The summed E-state index contributed by atoms with van der Waals surface area (Å²) < 4.78 is 1.90. The van der Waals surface area contributed by atoms with Crippen molar-refractivity contribution >= 4 is 0 Å². The predicted molar refractivity (Wildman–Crippen MR) is 148 cm³/mol. The standard InChI is InChI=1S/C30H66N2O/c1-7-9-11-13-15-17-19-21-23-27-31(3,4)28-25-26-30-33-32(5,6)29-24-22-20-18-16-14-12-10-8-2/h7-30H2,1-6H3/q+2. The van der Waals surface area contributed by atoms with Crippen molar-refractivity contribution in [3.63, 3.8) is 0 Å². The monoisotopic (exact) mass is 471 g/mol. The van der Waals surface area contributed by atoms with Gasteiger partial charge in [0, 0.05) is 0 Å². The van der Waals surface area contributed by atoms with Crippen molar-refractivity contribution in [2.45, 2.75) is 142 Å². The predicted octanol–water partition coefficient (Wildman–Crippen LogP) is 8.91. The molecule has 0 aliphatic carbocycles. The number of quaternary nitrogens is 2. The van der Waals surface area contributed by atoms with E-state index in [1.54, 1.807) is 0 Å². The largest absolute Gasteiger partial charge is 0.328 e. The molecular formula is C30H66N2O+2. The van der Waals surface area contributed by atoms with E-state index >= 15 is 0 Å². The van der Waals surface area contributed by atoms with Crippen LogP contribution in [-0.4, -0.2) is 63.6 Å². The molecule has 200 valence electrons. The van der Waals surface area contributed by atoms with Gasteiger partial charge in [-0.1, -0.05) is 104 Å². The molecule has 0 aromatic heterocycles. The first kappa shape index (κ1) is 32.9. The highest BCUT2D eigenvalue weighted by molar-refractivity contribution is 4.48. The first-order chi connectivity index (χ1) is 15.8. The van der Waals surface area contributed by atoms with Crippen molar-refractivity contribution in [3.05, 3.63) is 0 Å². The molecule has 0 saturated heterocycles. The van der Waals surface area contributed by atoms with Crippen molar-refractivity contribution in [1.82, 2.24) is 0 Å². The third-order valence-electron chi connectivity index (χ3n) is 7.27. The molecule has 0 bridgehead atoms. The lowest BCUT2D eigenvalue weighted by Crippen LogP contribution is -2.42. The summed E-state index contributed by atoms with van der Waals surface area (Å²) in [6.07, 6.45) is 27.8. The van der Waals surface area contributed by atoms with Crippen LogP contribution in [0.5, 0.6) is 0 Å². The molecule has 0 aliphatic heterocycles. The molecule has 3 heteroatoms. The minimum absolute atomic E-state index is 0.729. The first-order valence-electron chi connectivity index (χ1n) is 15.1. The number of nitrogens with zero attached hydrogens (tertiary/aromatic N) is 2. The smallest absolute Gasteiger partial charge is 0.108 e. The van der Waals surface area contributed by atoms with Gasteiger partial charge in [-0.3, -0.25) is 0 Å². The molecule has 0 unspecified atom stereocenters. The summed E-state index contributed by atoms with van der Waals surface area (Å²) in [5.74, 6) is 0. The molecule has 0 N–H and O–H groups in total. The topological polar surface area (TPSA) is 9.23 Å². The molecule has 0 heterocycles. The van der Waals surface area contributed by atoms with Gasteiger partial charge in [-0.05, 0) is 38.5 Å². The lowest BCUT2D eigenvalue weighted by Gasteiger charge is -2.30. The Morgan fingerprint density at radius 3 is 1.15 bits per heavy atom. The summed E-state index contributed by atoms with van der Waals surface area (Å²) in [7, 11) is 9.29. The number of hydrogen-bond donors (Lipinski definition) is 0. The molecule has 0 rings (SSSR count). The van der Waals surface area contributed by atoms with Crippen molar-refractivity contribution < 1.29 is 14.0 Å². The van der Waals surface area contributed by atoms with E-state index in [2.05, 4.69) is 42.0 Å². The Morgan fingerprint density at radius 2 is 0.727 bits per heavy atom. The quantitative estimate of drug-likeness (QED) is 0.0696. The molecular weight excluding hydrogens is 404 g/mol. The highest BCUT2D eigenvalue weighted by Crippen LogP contribution is 2.13. The summed E-state index contributed by atoms with van der Waals surface area (Å²) in [5.41, 5.74) is 0. The first-order valence-corrected chi connectivity index (χ1v) is 15.1. The SMILES string of the molecule is CCCCCCCCCCC[N+](C)(C)CCCCO[N+](C)(C)CCCCCCCCCCC. The summed E-state index contributed by atoms with van der Waals surface area (Å²) in [4.78, 5) is 6.21. The molecule has 0 aliphatic rings. The summed E-state index contributed by atoms with van der Waals surface area (Å²) in [6.45, 7) is 9.26. The third kappa shape index (κ3) is 24.8. The van der Waals surface area contributed by atoms with Gasteiger partial charge in [-0.25, -0.2) is 4.84 Å². The van der Waals surface area contributed by atoms with E-state index in [9.17, 15) is 0 Å². The number of rotatable bonds is 26. The van der Waals surface area contributed by atoms with E-state index in [0.717, 1.165) is 17.8 Å². The van der Waals surface area contributed by atoms with Gasteiger partial charge in [-0.15, -0.1) is 0 Å². The van der Waals surface area contributed by atoms with Gasteiger partial charge < -0.3 is 4.48 Å². The fourth-order valence-electron chi connectivity index (χ4n) is 4.78. The van der Waals surface area contributed by atoms with E-state index < -0.39 is 0 Å². The molecule has 0 aromatic carbocycles. The van der Waals surface area contributed by atoms with E-state index in [1.165, 1.54) is 146 Å². The lowest BCUT2D eigenvalue weighted by molar-refractivity contribution is -1.08. The number of hydrogen-bond acceptors (Lipinski definition) is 1. The van der Waals surface area contributed by atoms with Crippen LogP contribution in [0.1, 0.15) is 142 Å². The Labute approximate surface area is 210 Å². The Hall–Kier alpha value is -0.120. The van der Waals surface area contributed by atoms with Crippen LogP contribution in [0.4, 0.5) is 0 Å². The Balaban J connectivity index is 3.57. The maximum absolute atomic E-state index is 6.21. The summed E-state index contributed by atoms with van der Waals surface area (Å²) >= 11 is 0. The molecule has 0 spiro atoms. The fraction of sp³-hybridized carbons (Fsp3) is 1.00. The third-order valence-corrected chi connectivity index (χ3v) is 7.27. The van der Waals surface area contributed by atoms with Crippen LogP contribution in [0, 0.1) is 0 Å². The lowest BCUT2D eigenvalue weighted by atomic mass is 10.1. The van der Waals surface area contributed by atoms with Crippen LogP contribution in [0.15, 0.2) is 0 Å². The van der Waals surface area contributed by atoms with Crippen LogP contribution in [0.25, 0.3) is 0 Å². The van der Waals surface area contributed by atoms with Gasteiger partial charge in [0.2, 0.25) is 0 Å². The van der Waals surface area contributed by atoms with E-state index in [4.69, 9.17) is 4.84 Å². The molecule has 0 atom stereocenters. The van der Waals surface area contributed by atoms with Crippen molar-refractivity contribution in [2.75, 3.05) is 54.4 Å². The molecule has 3 nitrogen and oxygen atoms in total. The summed E-state index contributed by atoms with van der Waals surface area (Å²) in [5, 5.41) is 0. The van der Waals surface area contributed by atoms with Crippen LogP contribution in [0.2, 0.25) is 0 Å². The Bertz CT molecular complexity index is 359. The van der Waals surface area contributed by atoms with Crippen LogP contribution in [-0.2, 0) is 4.84 Å². The minimum atomic E-state index is 0.729. The minimum Gasteiger partial charge on any atom is -0.328 e. The van der Waals surface area contributed by atoms with Crippen LogP contribution >= 0.6 is 0 Å². The number of hydroxylamine groups is 3. The average Bonchev–Trinajstić information content (AvgIpc) is 2.76. The second-order valence-corrected chi connectivity index (χ2v) is 11.9. The van der Waals surface area contributed by atoms with Crippen LogP contribution in [0.3, 0.4) is 0 Å². The fourth-order valence-corrected chi connectivity index (χ4v) is 4.78. The van der Waals surface area contributed by atoms with Crippen molar-refractivity contribution in [2.24, 2.45) is 0 Å². The molecule has 0 amide bonds. The van der Waals surface area contributed by atoms with Gasteiger partial charge in [0.1, 0.15) is 13.2 Å². The highest BCUT2D eigenvalue weighted by Gasteiger charge is 2.17. The number of unbranched alkanes of at least 4 members (excludes halogenated alkanes) is 17. The van der Waals surface area contributed by atoms with Gasteiger partial charge in [0.25, 0.3) is 0 Å². The summed E-state index contributed by atoms with van der Waals surface area (Å²) in [6, 6.07) is 0. The maximum Gasteiger partial charge on any atom is 0.108 e. The second-order valence-electron chi connectivity index (χ2n) is 11.9. The van der Waals surface area contributed by atoms with Crippen LogP contribution < -0.4 is 0 Å². The van der Waals surface area contributed by atoms with Crippen molar-refractivity contribution in [1.29, 1.82) is 0 Å². The molecule has 0 saturated carbocycles. The maximum atomic E-state index is 6.21. The molecule has 0 fully saturated rings. The van der Waals surface area contributed by atoms with Gasteiger partial charge >= 0.3 is 0 Å². The van der Waals surface area contributed by atoms with Gasteiger partial charge in [0.15, 0.2) is 0 Å². The Kier molecular flexibility index (Phi) is 22.3. The zero-order valence-corrected chi connectivity index (χ0v) is 24.3. The molecule has 0 aromatic rings. The van der Waals surface area contributed by atoms with Crippen molar-refractivity contribution in [3.8, 4) is 0 Å². The molecule has 33 heavy (non-hydrogen) atoms. The van der Waals surface area contributed by atoms with E-state index in [1.807, 2.05) is 0 Å².